The summed E-state index contributed by atoms with van der Waals surface area (Å²) in [6, 6.07) is 1.96. The maximum absolute atomic E-state index is 10.7. The highest BCUT2D eigenvalue weighted by Crippen LogP contribution is 2.30. The van der Waals surface area contributed by atoms with E-state index in [1.54, 1.807) is 20.9 Å². The molecular formula is C10H14N4O2. The van der Waals surface area contributed by atoms with Crippen molar-refractivity contribution in [2.75, 3.05) is 5.73 Å². The smallest absolute Gasteiger partial charge is 0.304 e. The van der Waals surface area contributed by atoms with Crippen LogP contribution < -0.4 is 5.73 Å². The normalized spacial score (nSPS) is 11.1. The van der Waals surface area contributed by atoms with E-state index in [0.29, 0.717) is 5.69 Å². The van der Waals surface area contributed by atoms with Gasteiger partial charge in [-0.1, -0.05) is 13.8 Å². The molecule has 0 saturated heterocycles. The van der Waals surface area contributed by atoms with Crippen LogP contribution in [0.2, 0.25) is 0 Å². The Morgan fingerprint density at radius 3 is 2.69 bits per heavy atom. The zero-order chi connectivity index (χ0) is 12.5. The maximum atomic E-state index is 10.7. The van der Waals surface area contributed by atoms with Gasteiger partial charge in [-0.3, -0.25) is 9.48 Å². The van der Waals surface area contributed by atoms with Crippen molar-refractivity contribution in [3.8, 4) is 6.07 Å². The van der Waals surface area contributed by atoms with E-state index in [-0.39, 0.29) is 17.8 Å². The van der Waals surface area contributed by atoms with E-state index in [4.69, 9.17) is 16.1 Å². The van der Waals surface area contributed by atoms with Crippen LogP contribution in [-0.2, 0) is 17.3 Å². The molecule has 0 amide bonds. The van der Waals surface area contributed by atoms with Crippen molar-refractivity contribution in [3.63, 3.8) is 0 Å². The lowest BCUT2D eigenvalue weighted by atomic mass is 9.84. The first kappa shape index (κ1) is 12.0. The zero-order valence-corrected chi connectivity index (χ0v) is 9.48. The van der Waals surface area contributed by atoms with Gasteiger partial charge in [0.1, 0.15) is 17.5 Å². The van der Waals surface area contributed by atoms with Gasteiger partial charge in [0, 0.05) is 12.5 Å². The summed E-state index contributed by atoms with van der Waals surface area (Å²) >= 11 is 0. The summed E-state index contributed by atoms with van der Waals surface area (Å²) in [7, 11) is 1.62. The first-order chi connectivity index (χ1) is 7.29. The van der Waals surface area contributed by atoms with E-state index in [2.05, 4.69) is 5.10 Å². The number of hydrogen-bond donors (Lipinski definition) is 2. The molecule has 0 aliphatic heterocycles. The number of nitrogens with zero attached hydrogens (tertiary/aromatic N) is 3. The van der Waals surface area contributed by atoms with Gasteiger partial charge in [-0.05, 0) is 0 Å². The van der Waals surface area contributed by atoms with Gasteiger partial charge in [0.2, 0.25) is 0 Å². The Hall–Kier alpha value is -2.03. The Morgan fingerprint density at radius 1 is 1.69 bits per heavy atom. The third kappa shape index (κ3) is 1.98. The van der Waals surface area contributed by atoms with Gasteiger partial charge in [0.15, 0.2) is 0 Å². The summed E-state index contributed by atoms with van der Waals surface area (Å²) in [4.78, 5) is 10.7. The molecule has 86 valence electrons. The Bertz CT molecular complexity index is 468. The number of anilines is 1. The minimum Gasteiger partial charge on any atom is -0.481 e. The number of carboxylic acid groups (broad SMARTS) is 1. The average Bonchev–Trinajstić information content (AvgIpc) is 2.42. The summed E-state index contributed by atoms with van der Waals surface area (Å²) in [5.41, 5.74) is 5.64. The van der Waals surface area contributed by atoms with Crippen LogP contribution in [0.1, 0.15) is 31.5 Å². The van der Waals surface area contributed by atoms with Crippen molar-refractivity contribution in [2.45, 2.75) is 25.7 Å². The third-order valence-corrected chi connectivity index (χ3v) is 2.44. The van der Waals surface area contributed by atoms with Crippen LogP contribution in [-0.4, -0.2) is 20.9 Å². The van der Waals surface area contributed by atoms with Crippen LogP contribution >= 0.6 is 0 Å². The molecule has 3 N–H and O–H groups in total. The lowest BCUT2D eigenvalue weighted by molar-refractivity contribution is -0.138. The zero-order valence-electron chi connectivity index (χ0n) is 9.48. The van der Waals surface area contributed by atoms with E-state index in [9.17, 15) is 4.79 Å². The SMILES string of the molecule is Cn1nc(C(C)(C)CC(=O)O)c(C#N)c1N. The van der Waals surface area contributed by atoms with Crippen LogP contribution in [0.5, 0.6) is 0 Å². The summed E-state index contributed by atoms with van der Waals surface area (Å²) in [5.74, 6) is -0.672. The largest absolute Gasteiger partial charge is 0.481 e. The minimum atomic E-state index is -0.932. The molecule has 0 bridgehead atoms. The fourth-order valence-electron chi connectivity index (χ4n) is 1.58. The number of aryl methyl sites for hydroxylation is 1. The van der Waals surface area contributed by atoms with Crippen LogP contribution in [0.4, 0.5) is 5.82 Å². The van der Waals surface area contributed by atoms with Gasteiger partial charge in [0.05, 0.1) is 12.1 Å². The predicted octanol–water partition coefficient (Wildman–Crippen LogP) is 0.626. The van der Waals surface area contributed by atoms with E-state index in [1.807, 2.05) is 6.07 Å². The molecular weight excluding hydrogens is 208 g/mol. The topological polar surface area (TPSA) is 105 Å². The van der Waals surface area contributed by atoms with Gasteiger partial charge in [-0.15, -0.1) is 0 Å². The predicted molar refractivity (Wildman–Crippen MR) is 57.6 cm³/mol. The fourth-order valence-corrected chi connectivity index (χ4v) is 1.58. The standard InChI is InChI=1S/C10H14N4O2/c1-10(2,4-7(15)16)8-6(5-11)9(12)14(3)13-8/h4,12H2,1-3H3,(H,15,16). The molecule has 1 heterocycles. The molecule has 0 unspecified atom stereocenters. The molecule has 1 aromatic rings. The van der Waals surface area contributed by atoms with Gasteiger partial charge < -0.3 is 10.8 Å². The van der Waals surface area contributed by atoms with Gasteiger partial charge in [-0.2, -0.15) is 10.4 Å². The summed E-state index contributed by atoms with van der Waals surface area (Å²) in [6.45, 7) is 3.45. The minimum absolute atomic E-state index is 0.0991. The third-order valence-electron chi connectivity index (χ3n) is 2.44. The molecule has 0 radical (unpaired) electrons. The molecule has 0 fully saturated rings. The van der Waals surface area contributed by atoms with Crippen molar-refractivity contribution in [2.24, 2.45) is 7.05 Å². The number of carboxylic acids is 1. The molecule has 1 aromatic heterocycles. The number of aliphatic carboxylic acids is 1. The van der Waals surface area contributed by atoms with Crippen molar-refractivity contribution < 1.29 is 9.90 Å². The van der Waals surface area contributed by atoms with Crippen LogP contribution in [0.15, 0.2) is 0 Å². The molecule has 0 spiro atoms. The lowest BCUT2D eigenvalue weighted by Gasteiger charge is -2.19. The highest BCUT2D eigenvalue weighted by Gasteiger charge is 2.31. The lowest BCUT2D eigenvalue weighted by Crippen LogP contribution is -2.23. The molecule has 0 saturated carbocycles. The van der Waals surface area contributed by atoms with Crippen LogP contribution in [0, 0.1) is 11.3 Å². The highest BCUT2D eigenvalue weighted by atomic mass is 16.4. The molecule has 6 heteroatoms. The first-order valence-corrected chi connectivity index (χ1v) is 4.74. The molecule has 16 heavy (non-hydrogen) atoms. The average molecular weight is 222 g/mol. The number of nitrogen functional groups attached to an aromatic ring is 1. The second-order valence-corrected chi connectivity index (χ2v) is 4.30. The maximum Gasteiger partial charge on any atom is 0.304 e. The Morgan fingerprint density at radius 2 is 2.25 bits per heavy atom. The van der Waals surface area contributed by atoms with Crippen LogP contribution in [0.25, 0.3) is 0 Å². The fraction of sp³-hybridized carbons (Fsp3) is 0.500. The molecule has 0 aromatic carbocycles. The number of hydrogen-bond acceptors (Lipinski definition) is 4. The van der Waals surface area contributed by atoms with Gasteiger partial charge in [0.25, 0.3) is 0 Å². The monoisotopic (exact) mass is 222 g/mol. The van der Waals surface area contributed by atoms with Crippen molar-refractivity contribution in [1.29, 1.82) is 5.26 Å². The Kier molecular flexibility index (Phi) is 2.90. The van der Waals surface area contributed by atoms with E-state index in [0.717, 1.165) is 0 Å². The first-order valence-electron chi connectivity index (χ1n) is 4.74. The number of aromatic nitrogens is 2. The molecule has 0 aliphatic rings. The summed E-state index contributed by atoms with van der Waals surface area (Å²) in [6.07, 6.45) is -0.0991. The van der Waals surface area contributed by atoms with Gasteiger partial charge in [-0.25, -0.2) is 0 Å². The van der Waals surface area contributed by atoms with E-state index < -0.39 is 11.4 Å². The van der Waals surface area contributed by atoms with Crippen LogP contribution in [0.3, 0.4) is 0 Å². The molecule has 6 nitrogen and oxygen atoms in total. The van der Waals surface area contributed by atoms with Crippen molar-refractivity contribution in [1.82, 2.24) is 9.78 Å². The number of carbonyl (C=O) groups is 1. The summed E-state index contributed by atoms with van der Waals surface area (Å²) < 4.78 is 1.39. The van der Waals surface area contributed by atoms with Crippen molar-refractivity contribution >= 4 is 11.8 Å². The van der Waals surface area contributed by atoms with E-state index >= 15 is 0 Å². The van der Waals surface area contributed by atoms with E-state index in [1.165, 1.54) is 4.68 Å². The number of nitriles is 1. The molecule has 0 aliphatic carbocycles. The quantitative estimate of drug-likeness (QED) is 0.780. The molecule has 0 atom stereocenters. The number of rotatable bonds is 3. The number of nitrogens with two attached hydrogens (primary N) is 1. The van der Waals surface area contributed by atoms with Crippen molar-refractivity contribution in [3.05, 3.63) is 11.3 Å². The summed E-state index contributed by atoms with van der Waals surface area (Å²) in [5, 5.41) is 21.9. The molecule has 1 rings (SSSR count). The Balaban J connectivity index is 3.28. The van der Waals surface area contributed by atoms with Gasteiger partial charge >= 0.3 is 5.97 Å². The highest BCUT2D eigenvalue weighted by molar-refractivity contribution is 5.69. The Labute approximate surface area is 93.3 Å². The second-order valence-electron chi connectivity index (χ2n) is 4.30. The second kappa shape index (κ2) is 3.85.